The van der Waals surface area contributed by atoms with Crippen molar-refractivity contribution in [3.05, 3.63) is 53.3 Å². The number of aliphatic hydroxyl groups is 1. The van der Waals surface area contributed by atoms with Crippen molar-refractivity contribution in [1.82, 2.24) is 14.7 Å². The molecule has 1 N–H and O–H groups in total. The van der Waals surface area contributed by atoms with Gasteiger partial charge in [-0.2, -0.15) is 5.10 Å². The largest absolute Gasteiger partial charge is 0.387 e. The number of aromatic nitrogens is 2. The topological polar surface area (TPSA) is 41.3 Å². The predicted molar refractivity (Wildman–Crippen MR) is 78.3 cm³/mol. The second kappa shape index (κ2) is 5.38. The van der Waals surface area contributed by atoms with Crippen molar-refractivity contribution in [1.29, 1.82) is 0 Å². The Bertz CT molecular complexity index is 593. The lowest BCUT2D eigenvalue weighted by Crippen LogP contribution is -2.34. The Morgan fingerprint density at radius 3 is 2.90 bits per heavy atom. The van der Waals surface area contributed by atoms with Gasteiger partial charge in [0.1, 0.15) is 0 Å². The van der Waals surface area contributed by atoms with E-state index in [1.165, 1.54) is 11.1 Å². The van der Waals surface area contributed by atoms with Gasteiger partial charge in [0.2, 0.25) is 0 Å². The first-order chi connectivity index (χ1) is 9.69. The van der Waals surface area contributed by atoms with Crippen molar-refractivity contribution in [2.24, 2.45) is 0 Å². The standard InChI is InChI=1S/C16H21N3O/c1-3-19-11-12(9-17-19)10-18(2)15-8-13-6-4-5-7-14(13)16(15)20/h4-7,9,11,15-16,20H,3,8,10H2,1-2H3/t15-,16+/m0/s1. The maximum Gasteiger partial charge on any atom is 0.0951 e. The van der Waals surface area contributed by atoms with Gasteiger partial charge >= 0.3 is 0 Å². The van der Waals surface area contributed by atoms with Crippen LogP contribution in [0.4, 0.5) is 0 Å². The number of hydrogen-bond donors (Lipinski definition) is 1. The van der Waals surface area contributed by atoms with Crippen LogP contribution in [-0.2, 0) is 19.5 Å². The Kier molecular flexibility index (Phi) is 3.59. The molecule has 0 aliphatic heterocycles. The van der Waals surface area contributed by atoms with E-state index in [4.69, 9.17) is 0 Å². The lowest BCUT2D eigenvalue weighted by atomic mass is 10.1. The number of fused-ring (bicyclic) bond motifs is 1. The molecule has 0 radical (unpaired) electrons. The first kappa shape index (κ1) is 13.3. The molecule has 1 aromatic carbocycles. The van der Waals surface area contributed by atoms with Crippen LogP contribution in [0, 0.1) is 0 Å². The summed E-state index contributed by atoms with van der Waals surface area (Å²) in [4.78, 5) is 2.22. The summed E-state index contributed by atoms with van der Waals surface area (Å²) in [5.41, 5.74) is 3.53. The third-order valence-electron chi connectivity index (χ3n) is 4.18. The quantitative estimate of drug-likeness (QED) is 0.924. The Labute approximate surface area is 119 Å². The zero-order chi connectivity index (χ0) is 14.1. The molecule has 1 heterocycles. The normalized spacial score (nSPS) is 21.4. The van der Waals surface area contributed by atoms with E-state index in [1.54, 1.807) is 0 Å². The molecular weight excluding hydrogens is 250 g/mol. The fourth-order valence-electron chi connectivity index (χ4n) is 3.02. The lowest BCUT2D eigenvalue weighted by Gasteiger charge is -2.26. The summed E-state index contributed by atoms with van der Waals surface area (Å²) in [6, 6.07) is 8.33. The summed E-state index contributed by atoms with van der Waals surface area (Å²) in [5.74, 6) is 0. The summed E-state index contributed by atoms with van der Waals surface area (Å²) in [7, 11) is 2.07. The van der Waals surface area contributed by atoms with Crippen LogP contribution in [0.2, 0.25) is 0 Å². The zero-order valence-corrected chi connectivity index (χ0v) is 12.0. The van der Waals surface area contributed by atoms with Gasteiger partial charge in [-0.15, -0.1) is 0 Å². The van der Waals surface area contributed by atoms with Crippen LogP contribution in [0.3, 0.4) is 0 Å². The highest BCUT2D eigenvalue weighted by Crippen LogP contribution is 2.34. The summed E-state index contributed by atoms with van der Waals surface area (Å²) < 4.78 is 1.93. The van der Waals surface area contributed by atoms with Crippen LogP contribution in [0.1, 0.15) is 29.7 Å². The van der Waals surface area contributed by atoms with Crippen molar-refractivity contribution in [2.75, 3.05) is 7.05 Å². The molecule has 20 heavy (non-hydrogen) atoms. The van der Waals surface area contributed by atoms with Gasteiger partial charge < -0.3 is 5.11 Å². The maximum absolute atomic E-state index is 10.5. The third-order valence-corrected chi connectivity index (χ3v) is 4.18. The smallest absolute Gasteiger partial charge is 0.0951 e. The van der Waals surface area contributed by atoms with Crippen LogP contribution in [0.25, 0.3) is 0 Å². The molecule has 1 aromatic heterocycles. The molecule has 1 aliphatic carbocycles. The second-order valence-electron chi connectivity index (χ2n) is 5.53. The van der Waals surface area contributed by atoms with E-state index in [-0.39, 0.29) is 6.04 Å². The Morgan fingerprint density at radius 1 is 1.40 bits per heavy atom. The SMILES string of the molecule is CCn1cc(CN(C)[C@H]2Cc3ccccc3[C@H]2O)cn1. The summed E-state index contributed by atoms with van der Waals surface area (Å²) >= 11 is 0. The molecule has 3 rings (SSSR count). The average molecular weight is 271 g/mol. The fourth-order valence-corrected chi connectivity index (χ4v) is 3.02. The number of nitrogens with zero attached hydrogens (tertiary/aromatic N) is 3. The van der Waals surface area contributed by atoms with E-state index in [0.29, 0.717) is 0 Å². The van der Waals surface area contributed by atoms with Crippen molar-refractivity contribution in [3.63, 3.8) is 0 Å². The van der Waals surface area contributed by atoms with E-state index >= 15 is 0 Å². The van der Waals surface area contributed by atoms with Crippen LogP contribution < -0.4 is 0 Å². The molecule has 0 saturated heterocycles. The van der Waals surface area contributed by atoms with Gasteiger partial charge in [0.25, 0.3) is 0 Å². The predicted octanol–water partition coefficient (Wildman–Crippen LogP) is 1.99. The Balaban J connectivity index is 1.71. The summed E-state index contributed by atoms with van der Waals surface area (Å²) in [6.45, 7) is 3.79. The summed E-state index contributed by atoms with van der Waals surface area (Å²) in [6.07, 6.45) is 4.51. The molecule has 0 unspecified atom stereocenters. The van der Waals surface area contributed by atoms with Gasteiger partial charge in [-0.1, -0.05) is 24.3 Å². The monoisotopic (exact) mass is 271 g/mol. The molecule has 0 saturated carbocycles. The van der Waals surface area contributed by atoms with Crippen LogP contribution in [-0.4, -0.2) is 32.9 Å². The van der Waals surface area contributed by atoms with E-state index in [9.17, 15) is 5.11 Å². The van der Waals surface area contributed by atoms with Gasteiger partial charge in [-0.3, -0.25) is 9.58 Å². The lowest BCUT2D eigenvalue weighted by molar-refractivity contribution is 0.0721. The van der Waals surface area contributed by atoms with E-state index < -0.39 is 6.10 Å². The number of aliphatic hydroxyl groups excluding tert-OH is 1. The van der Waals surface area contributed by atoms with Gasteiger partial charge in [-0.05, 0) is 31.5 Å². The molecule has 0 spiro atoms. The molecule has 106 valence electrons. The van der Waals surface area contributed by atoms with Crippen LogP contribution >= 0.6 is 0 Å². The highest BCUT2D eigenvalue weighted by molar-refractivity contribution is 5.35. The number of rotatable bonds is 4. The minimum Gasteiger partial charge on any atom is -0.387 e. The third kappa shape index (κ3) is 2.37. The molecule has 2 aromatic rings. The van der Waals surface area contributed by atoms with Gasteiger partial charge in [0, 0.05) is 30.9 Å². The number of benzene rings is 1. The van der Waals surface area contributed by atoms with Crippen molar-refractivity contribution >= 4 is 0 Å². The molecule has 4 heteroatoms. The molecule has 2 atom stereocenters. The van der Waals surface area contributed by atoms with Gasteiger partial charge in [-0.25, -0.2) is 0 Å². The minimum absolute atomic E-state index is 0.150. The zero-order valence-electron chi connectivity index (χ0n) is 12.0. The number of likely N-dealkylation sites (N-methyl/N-ethyl adjacent to an activating group) is 1. The highest BCUT2D eigenvalue weighted by Gasteiger charge is 2.33. The first-order valence-corrected chi connectivity index (χ1v) is 7.16. The van der Waals surface area contributed by atoms with E-state index in [1.807, 2.05) is 29.1 Å². The van der Waals surface area contributed by atoms with Crippen molar-refractivity contribution < 1.29 is 5.11 Å². The van der Waals surface area contributed by atoms with Crippen molar-refractivity contribution in [3.8, 4) is 0 Å². The number of aryl methyl sites for hydroxylation is 1. The minimum atomic E-state index is -0.391. The van der Waals surface area contributed by atoms with Crippen LogP contribution in [0.5, 0.6) is 0 Å². The van der Waals surface area contributed by atoms with Gasteiger partial charge in [0.15, 0.2) is 0 Å². The number of hydrogen-bond acceptors (Lipinski definition) is 3. The van der Waals surface area contributed by atoms with Gasteiger partial charge in [0.05, 0.1) is 12.3 Å². The average Bonchev–Trinajstić information content (AvgIpc) is 3.04. The molecular formula is C16H21N3O. The Morgan fingerprint density at radius 2 is 2.20 bits per heavy atom. The maximum atomic E-state index is 10.5. The first-order valence-electron chi connectivity index (χ1n) is 7.16. The summed E-state index contributed by atoms with van der Waals surface area (Å²) in [5, 5.41) is 14.8. The highest BCUT2D eigenvalue weighted by atomic mass is 16.3. The Hall–Kier alpha value is -1.65. The van der Waals surface area contributed by atoms with E-state index in [0.717, 1.165) is 25.1 Å². The van der Waals surface area contributed by atoms with Crippen LogP contribution in [0.15, 0.2) is 36.7 Å². The second-order valence-corrected chi connectivity index (χ2v) is 5.53. The van der Waals surface area contributed by atoms with E-state index in [2.05, 4.69) is 36.2 Å². The molecule has 0 amide bonds. The molecule has 4 nitrogen and oxygen atoms in total. The molecule has 1 aliphatic rings. The van der Waals surface area contributed by atoms with Crippen molar-refractivity contribution in [2.45, 2.75) is 38.6 Å². The fraction of sp³-hybridized carbons (Fsp3) is 0.438. The molecule has 0 fully saturated rings. The molecule has 0 bridgehead atoms.